The maximum absolute atomic E-state index is 10.4. The van der Waals surface area contributed by atoms with Crippen LogP contribution in [0.4, 0.5) is 0 Å². The number of aliphatic carboxylic acids is 1. The number of carboxylic acids is 1. The summed E-state index contributed by atoms with van der Waals surface area (Å²) in [7, 11) is 0. The first-order valence-electron chi connectivity index (χ1n) is 3.30. The number of nitrogens with two attached hydrogens (primary N) is 1. The molecule has 0 spiro atoms. The predicted molar refractivity (Wildman–Crippen MR) is 47.7 cm³/mol. The number of hydrogen-bond donors (Lipinski definition) is 3. The minimum atomic E-state index is -1.35. The molecule has 0 saturated heterocycles. The van der Waals surface area contributed by atoms with Crippen LogP contribution in [0.3, 0.4) is 0 Å². The molecule has 1 aromatic heterocycles. The summed E-state index contributed by atoms with van der Waals surface area (Å²) in [5.41, 5.74) is 5.19. The quantitative estimate of drug-likeness (QED) is 0.681. The van der Waals surface area contributed by atoms with E-state index in [4.69, 9.17) is 22.4 Å². The van der Waals surface area contributed by atoms with Gasteiger partial charge in [-0.3, -0.25) is 4.79 Å². The van der Waals surface area contributed by atoms with Crippen LogP contribution >= 0.6 is 22.9 Å². The molecule has 1 rings (SSSR count). The van der Waals surface area contributed by atoms with E-state index in [1.165, 1.54) is 6.20 Å². The summed E-state index contributed by atoms with van der Waals surface area (Å²) in [5.74, 6) is -1.27. The molecule has 7 heteroatoms. The highest BCUT2D eigenvalue weighted by Crippen LogP contribution is 2.25. The van der Waals surface area contributed by atoms with Crippen molar-refractivity contribution in [2.75, 3.05) is 0 Å². The molecule has 0 aliphatic carbocycles. The van der Waals surface area contributed by atoms with E-state index >= 15 is 0 Å². The number of carbonyl (C=O) groups is 1. The molecular formula is C6H7ClN2O3S. The topological polar surface area (TPSA) is 96.4 Å². The van der Waals surface area contributed by atoms with Crippen molar-refractivity contribution in [2.24, 2.45) is 5.73 Å². The summed E-state index contributed by atoms with van der Waals surface area (Å²) in [5, 5.41) is 17.9. The fourth-order valence-electron chi connectivity index (χ4n) is 0.713. The Labute approximate surface area is 82.8 Å². The molecule has 5 nitrogen and oxygen atoms in total. The lowest BCUT2D eigenvalue weighted by atomic mass is 10.1. The Bertz CT molecular complexity index is 317. The normalized spacial score (nSPS) is 15.3. The van der Waals surface area contributed by atoms with Crippen molar-refractivity contribution < 1.29 is 15.0 Å². The highest BCUT2D eigenvalue weighted by atomic mass is 35.5. The molecule has 1 heterocycles. The van der Waals surface area contributed by atoms with Crippen LogP contribution in [0.25, 0.3) is 0 Å². The lowest BCUT2D eigenvalue weighted by Crippen LogP contribution is -2.36. The van der Waals surface area contributed by atoms with Gasteiger partial charge in [0.1, 0.15) is 12.1 Å². The van der Waals surface area contributed by atoms with Gasteiger partial charge in [-0.1, -0.05) is 11.6 Å². The third-order valence-corrected chi connectivity index (χ3v) is 2.60. The molecule has 1 aromatic rings. The molecule has 4 N–H and O–H groups in total. The summed E-state index contributed by atoms with van der Waals surface area (Å²) in [6.07, 6.45) is 0.0444. The summed E-state index contributed by atoms with van der Waals surface area (Å²) in [4.78, 5) is 14.4. The molecule has 0 aromatic carbocycles. The number of aromatic nitrogens is 1. The predicted octanol–water partition coefficient (Wildman–Crippen LogP) is 0.242. The highest BCUT2D eigenvalue weighted by molar-refractivity contribution is 7.15. The SMILES string of the molecule is NC(C(=O)O)C(O)c1cnc(Cl)s1. The van der Waals surface area contributed by atoms with E-state index in [1.54, 1.807) is 0 Å². The zero-order valence-electron chi connectivity index (χ0n) is 6.35. The van der Waals surface area contributed by atoms with E-state index in [2.05, 4.69) is 4.98 Å². The van der Waals surface area contributed by atoms with Crippen LogP contribution in [0, 0.1) is 0 Å². The first-order chi connectivity index (χ1) is 6.02. The first kappa shape index (κ1) is 10.4. The lowest BCUT2D eigenvalue weighted by molar-refractivity contribution is -0.141. The Morgan fingerprint density at radius 3 is 2.77 bits per heavy atom. The Morgan fingerprint density at radius 1 is 1.77 bits per heavy atom. The second-order valence-electron chi connectivity index (χ2n) is 2.32. The Kier molecular flexibility index (Phi) is 3.21. The molecule has 72 valence electrons. The smallest absolute Gasteiger partial charge is 0.323 e. The van der Waals surface area contributed by atoms with E-state index in [0.29, 0.717) is 4.88 Å². The van der Waals surface area contributed by atoms with Crippen LogP contribution in [0.5, 0.6) is 0 Å². The minimum absolute atomic E-state index is 0.242. The van der Waals surface area contributed by atoms with Crippen molar-refractivity contribution in [3.8, 4) is 0 Å². The molecule has 2 unspecified atom stereocenters. The molecule has 0 saturated carbocycles. The van der Waals surface area contributed by atoms with Gasteiger partial charge in [0.15, 0.2) is 4.47 Å². The van der Waals surface area contributed by atoms with Crippen LogP contribution in [-0.4, -0.2) is 27.2 Å². The molecule has 0 aliphatic rings. The van der Waals surface area contributed by atoms with Crippen molar-refractivity contribution >= 4 is 28.9 Å². The number of hydrogen-bond acceptors (Lipinski definition) is 5. The Balaban J connectivity index is 2.78. The van der Waals surface area contributed by atoms with Crippen LogP contribution in [-0.2, 0) is 4.79 Å². The van der Waals surface area contributed by atoms with Crippen molar-refractivity contribution in [3.05, 3.63) is 15.5 Å². The molecule has 0 aliphatic heterocycles. The third kappa shape index (κ3) is 2.38. The zero-order chi connectivity index (χ0) is 10.0. The molecule has 13 heavy (non-hydrogen) atoms. The maximum atomic E-state index is 10.4. The second-order valence-corrected chi connectivity index (χ2v) is 3.97. The van der Waals surface area contributed by atoms with Gasteiger partial charge in [-0.15, -0.1) is 11.3 Å². The Hall–Kier alpha value is -0.690. The van der Waals surface area contributed by atoms with E-state index in [0.717, 1.165) is 11.3 Å². The summed E-state index contributed by atoms with van der Waals surface area (Å²) >= 11 is 6.50. The minimum Gasteiger partial charge on any atom is -0.480 e. The standard InChI is InChI=1S/C6H7ClN2O3S/c7-6-9-1-2(13-6)4(10)3(8)5(11)12/h1,3-4,10H,8H2,(H,11,12). The van der Waals surface area contributed by atoms with E-state index in [1.807, 2.05) is 0 Å². The maximum Gasteiger partial charge on any atom is 0.323 e. The monoisotopic (exact) mass is 222 g/mol. The van der Waals surface area contributed by atoms with Crippen LogP contribution in [0.1, 0.15) is 11.0 Å². The molecule has 0 radical (unpaired) electrons. The summed E-state index contributed by atoms with van der Waals surface area (Å²) in [6.45, 7) is 0. The number of halogens is 1. The second kappa shape index (κ2) is 4.01. The van der Waals surface area contributed by atoms with Gasteiger partial charge < -0.3 is 15.9 Å². The molecule has 0 bridgehead atoms. The average molecular weight is 223 g/mol. The van der Waals surface area contributed by atoms with Gasteiger partial charge in [0.25, 0.3) is 0 Å². The number of thiazole rings is 1. The molecule has 2 atom stereocenters. The average Bonchev–Trinajstić information content (AvgIpc) is 2.49. The first-order valence-corrected chi connectivity index (χ1v) is 4.49. The van der Waals surface area contributed by atoms with Gasteiger partial charge in [0.2, 0.25) is 0 Å². The number of nitrogens with zero attached hydrogens (tertiary/aromatic N) is 1. The van der Waals surface area contributed by atoms with E-state index in [-0.39, 0.29) is 4.47 Å². The summed E-state index contributed by atoms with van der Waals surface area (Å²) in [6, 6.07) is -1.35. The highest BCUT2D eigenvalue weighted by Gasteiger charge is 2.25. The molecular weight excluding hydrogens is 216 g/mol. The van der Waals surface area contributed by atoms with Crippen LogP contribution in [0.15, 0.2) is 6.20 Å². The zero-order valence-corrected chi connectivity index (χ0v) is 7.92. The van der Waals surface area contributed by atoms with Crippen LogP contribution in [0.2, 0.25) is 4.47 Å². The number of carboxylic acid groups (broad SMARTS) is 1. The summed E-state index contributed by atoms with van der Waals surface area (Å²) < 4.78 is 0.242. The molecule has 0 fully saturated rings. The van der Waals surface area contributed by atoms with Gasteiger partial charge in [-0.25, -0.2) is 4.98 Å². The van der Waals surface area contributed by atoms with Gasteiger partial charge in [-0.05, 0) is 0 Å². The largest absolute Gasteiger partial charge is 0.480 e. The van der Waals surface area contributed by atoms with Gasteiger partial charge in [-0.2, -0.15) is 0 Å². The van der Waals surface area contributed by atoms with Gasteiger partial charge >= 0.3 is 5.97 Å². The van der Waals surface area contributed by atoms with Crippen molar-refractivity contribution in [3.63, 3.8) is 0 Å². The van der Waals surface area contributed by atoms with E-state index in [9.17, 15) is 9.90 Å². The Morgan fingerprint density at radius 2 is 2.38 bits per heavy atom. The van der Waals surface area contributed by atoms with Crippen LogP contribution < -0.4 is 5.73 Å². The molecule has 0 amide bonds. The number of rotatable bonds is 3. The fraction of sp³-hybridized carbons (Fsp3) is 0.333. The number of aliphatic hydroxyl groups excluding tert-OH is 1. The van der Waals surface area contributed by atoms with Crippen molar-refractivity contribution in [1.82, 2.24) is 4.98 Å². The lowest BCUT2D eigenvalue weighted by Gasteiger charge is -2.11. The van der Waals surface area contributed by atoms with Gasteiger partial charge in [0.05, 0.1) is 4.88 Å². The number of aliphatic hydroxyl groups is 1. The van der Waals surface area contributed by atoms with Crippen molar-refractivity contribution in [1.29, 1.82) is 0 Å². The fourth-order valence-corrected chi connectivity index (χ4v) is 1.70. The third-order valence-electron chi connectivity index (χ3n) is 1.41. The van der Waals surface area contributed by atoms with E-state index < -0.39 is 18.1 Å². The van der Waals surface area contributed by atoms with Gasteiger partial charge in [0, 0.05) is 6.20 Å². The van der Waals surface area contributed by atoms with Crippen molar-refractivity contribution in [2.45, 2.75) is 12.1 Å².